The van der Waals surface area contributed by atoms with Crippen LogP contribution in [-0.2, 0) is 32.4 Å². The minimum absolute atomic E-state index is 0.0239. The van der Waals surface area contributed by atoms with Crippen molar-refractivity contribution in [3.63, 3.8) is 0 Å². The monoisotopic (exact) mass is 446 g/mol. The zero-order valence-corrected chi connectivity index (χ0v) is 18.0. The minimum atomic E-state index is -3.48. The molecule has 31 heavy (non-hydrogen) atoms. The van der Waals surface area contributed by atoms with Crippen molar-refractivity contribution in [3.8, 4) is 11.5 Å². The first-order chi connectivity index (χ1) is 15.0. The van der Waals surface area contributed by atoms with E-state index in [0.29, 0.717) is 52.1 Å². The Morgan fingerprint density at radius 3 is 2.42 bits per heavy atom. The molecule has 0 aromatic heterocycles. The van der Waals surface area contributed by atoms with Gasteiger partial charge < -0.3 is 19.5 Å². The Morgan fingerprint density at radius 1 is 0.935 bits per heavy atom. The molecule has 1 amide bonds. The second kappa shape index (κ2) is 9.67. The molecular formula is C22H26N2O6S. The third kappa shape index (κ3) is 5.36. The molecule has 1 fully saturated rings. The van der Waals surface area contributed by atoms with Crippen LogP contribution >= 0.6 is 0 Å². The number of hydrogen-bond acceptors (Lipinski definition) is 6. The number of carbonyl (C=O) groups excluding carboxylic acids is 1. The Hall–Kier alpha value is -2.62. The lowest BCUT2D eigenvalue weighted by atomic mass is 10.1. The van der Waals surface area contributed by atoms with Crippen LogP contribution in [0.3, 0.4) is 0 Å². The molecule has 0 atom stereocenters. The lowest BCUT2D eigenvalue weighted by Crippen LogP contribution is -2.40. The smallest absolute Gasteiger partial charge is 0.243 e. The Bertz CT molecular complexity index is 1020. The molecule has 2 aliphatic rings. The van der Waals surface area contributed by atoms with E-state index in [-0.39, 0.29) is 17.6 Å². The molecule has 2 heterocycles. The van der Waals surface area contributed by atoms with Gasteiger partial charge in [0.1, 0.15) is 0 Å². The van der Waals surface area contributed by atoms with Gasteiger partial charge in [-0.2, -0.15) is 4.31 Å². The fraction of sp³-hybridized carbons (Fsp3) is 0.409. The van der Waals surface area contributed by atoms with Crippen molar-refractivity contribution < 1.29 is 27.4 Å². The third-order valence-electron chi connectivity index (χ3n) is 5.34. The number of sulfonamides is 1. The molecule has 0 aliphatic carbocycles. The zero-order valence-electron chi connectivity index (χ0n) is 17.2. The molecule has 2 aromatic rings. The lowest BCUT2D eigenvalue weighted by molar-refractivity contribution is -0.121. The third-order valence-corrected chi connectivity index (χ3v) is 7.26. The van der Waals surface area contributed by atoms with Crippen LogP contribution in [0.4, 0.5) is 0 Å². The van der Waals surface area contributed by atoms with Gasteiger partial charge in [-0.25, -0.2) is 8.42 Å². The number of rotatable bonds is 8. The first kappa shape index (κ1) is 21.6. The maximum atomic E-state index is 12.7. The van der Waals surface area contributed by atoms with E-state index in [1.54, 1.807) is 24.3 Å². The number of morpholine rings is 1. The molecule has 2 aliphatic heterocycles. The van der Waals surface area contributed by atoms with Crippen LogP contribution in [0.2, 0.25) is 0 Å². The largest absolute Gasteiger partial charge is 0.454 e. The maximum Gasteiger partial charge on any atom is 0.243 e. The fourth-order valence-electron chi connectivity index (χ4n) is 3.55. The Kier molecular flexibility index (Phi) is 6.74. The summed E-state index contributed by atoms with van der Waals surface area (Å²) in [7, 11) is -3.48. The highest BCUT2D eigenvalue weighted by Crippen LogP contribution is 2.32. The molecule has 0 spiro atoms. The Labute approximate surface area is 182 Å². The summed E-state index contributed by atoms with van der Waals surface area (Å²) in [6, 6.07) is 12.6. The first-order valence-electron chi connectivity index (χ1n) is 10.3. The van der Waals surface area contributed by atoms with E-state index in [1.165, 1.54) is 4.31 Å². The Morgan fingerprint density at radius 2 is 1.65 bits per heavy atom. The number of carbonyl (C=O) groups is 1. The molecule has 8 nitrogen and oxygen atoms in total. The van der Waals surface area contributed by atoms with Crippen molar-refractivity contribution in [2.45, 2.75) is 24.2 Å². The van der Waals surface area contributed by atoms with E-state index < -0.39 is 10.0 Å². The van der Waals surface area contributed by atoms with Gasteiger partial charge in [-0.1, -0.05) is 18.2 Å². The number of ether oxygens (including phenoxy) is 3. The summed E-state index contributed by atoms with van der Waals surface area (Å²) in [6.45, 7) is 2.33. The molecule has 2 aromatic carbocycles. The van der Waals surface area contributed by atoms with Crippen LogP contribution in [0.25, 0.3) is 0 Å². The predicted molar refractivity (Wildman–Crippen MR) is 114 cm³/mol. The number of nitrogens with one attached hydrogen (secondary N) is 1. The summed E-state index contributed by atoms with van der Waals surface area (Å²) in [4.78, 5) is 12.4. The SMILES string of the molecule is O=C(CCc1ccc2c(c1)OCO2)NCCc1ccc(S(=O)(=O)N2CCOCC2)cc1. The molecule has 0 bridgehead atoms. The number of hydrogen-bond donors (Lipinski definition) is 1. The fourth-order valence-corrected chi connectivity index (χ4v) is 4.96. The number of amides is 1. The Balaban J connectivity index is 1.22. The second-order valence-corrected chi connectivity index (χ2v) is 9.39. The summed E-state index contributed by atoms with van der Waals surface area (Å²) in [5, 5.41) is 2.92. The topological polar surface area (TPSA) is 94.2 Å². The van der Waals surface area contributed by atoms with Crippen LogP contribution in [0.15, 0.2) is 47.4 Å². The van der Waals surface area contributed by atoms with Crippen LogP contribution in [0.1, 0.15) is 17.5 Å². The molecule has 1 saturated heterocycles. The van der Waals surface area contributed by atoms with E-state index in [9.17, 15) is 13.2 Å². The van der Waals surface area contributed by atoms with Crippen LogP contribution < -0.4 is 14.8 Å². The van der Waals surface area contributed by atoms with Crippen molar-refractivity contribution in [1.82, 2.24) is 9.62 Å². The molecule has 0 saturated carbocycles. The van der Waals surface area contributed by atoms with Crippen molar-refractivity contribution in [2.75, 3.05) is 39.6 Å². The lowest BCUT2D eigenvalue weighted by Gasteiger charge is -2.26. The summed E-state index contributed by atoms with van der Waals surface area (Å²) < 4.78 is 42.6. The molecule has 0 unspecified atom stereocenters. The van der Waals surface area contributed by atoms with E-state index in [1.807, 2.05) is 18.2 Å². The maximum absolute atomic E-state index is 12.7. The molecule has 1 N–H and O–H groups in total. The molecular weight excluding hydrogens is 420 g/mol. The van der Waals surface area contributed by atoms with E-state index in [0.717, 1.165) is 22.6 Å². The predicted octanol–water partition coefficient (Wildman–Crippen LogP) is 1.73. The van der Waals surface area contributed by atoms with Gasteiger partial charge in [0, 0.05) is 26.1 Å². The molecule has 166 valence electrons. The molecule has 9 heteroatoms. The van der Waals surface area contributed by atoms with Gasteiger partial charge in [-0.3, -0.25) is 4.79 Å². The highest BCUT2D eigenvalue weighted by atomic mass is 32.2. The van der Waals surface area contributed by atoms with Crippen molar-refractivity contribution >= 4 is 15.9 Å². The van der Waals surface area contributed by atoms with Crippen molar-refractivity contribution in [2.24, 2.45) is 0 Å². The minimum Gasteiger partial charge on any atom is -0.454 e. The quantitative estimate of drug-likeness (QED) is 0.664. The van der Waals surface area contributed by atoms with Gasteiger partial charge in [0.2, 0.25) is 22.7 Å². The van der Waals surface area contributed by atoms with Gasteiger partial charge in [-0.15, -0.1) is 0 Å². The zero-order chi connectivity index (χ0) is 21.7. The van der Waals surface area contributed by atoms with Crippen LogP contribution in [0, 0.1) is 0 Å². The average molecular weight is 447 g/mol. The van der Waals surface area contributed by atoms with Gasteiger partial charge >= 0.3 is 0 Å². The second-order valence-electron chi connectivity index (χ2n) is 7.45. The summed E-state index contributed by atoms with van der Waals surface area (Å²) in [5.41, 5.74) is 1.99. The van der Waals surface area contributed by atoms with Gasteiger partial charge in [0.15, 0.2) is 11.5 Å². The van der Waals surface area contributed by atoms with Gasteiger partial charge in [-0.05, 0) is 48.2 Å². The van der Waals surface area contributed by atoms with Crippen molar-refractivity contribution in [3.05, 3.63) is 53.6 Å². The van der Waals surface area contributed by atoms with E-state index in [4.69, 9.17) is 14.2 Å². The van der Waals surface area contributed by atoms with Gasteiger partial charge in [0.05, 0.1) is 18.1 Å². The average Bonchev–Trinajstić information content (AvgIpc) is 3.27. The van der Waals surface area contributed by atoms with Crippen LogP contribution in [0.5, 0.6) is 11.5 Å². The van der Waals surface area contributed by atoms with Gasteiger partial charge in [0.25, 0.3) is 0 Å². The summed E-state index contributed by atoms with van der Waals surface area (Å²) in [5.74, 6) is 1.43. The highest BCUT2D eigenvalue weighted by Gasteiger charge is 2.26. The highest BCUT2D eigenvalue weighted by molar-refractivity contribution is 7.89. The summed E-state index contributed by atoms with van der Waals surface area (Å²) in [6.07, 6.45) is 1.64. The van der Waals surface area contributed by atoms with E-state index >= 15 is 0 Å². The van der Waals surface area contributed by atoms with Crippen LogP contribution in [-0.4, -0.2) is 58.3 Å². The summed E-state index contributed by atoms with van der Waals surface area (Å²) >= 11 is 0. The standard InChI is InChI=1S/C22H26N2O6S/c25-22(8-4-18-3-7-20-21(15-18)30-16-29-20)23-10-9-17-1-5-19(6-2-17)31(26,27)24-11-13-28-14-12-24/h1-3,5-7,15H,4,8-14,16H2,(H,23,25). The van der Waals surface area contributed by atoms with E-state index in [2.05, 4.69) is 5.32 Å². The number of nitrogens with zero attached hydrogens (tertiary/aromatic N) is 1. The number of benzene rings is 2. The first-order valence-corrected chi connectivity index (χ1v) is 11.8. The van der Waals surface area contributed by atoms with Crippen molar-refractivity contribution in [1.29, 1.82) is 0 Å². The molecule has 0 radical (unpaired) electrons. The normalized spacial score (nSPS) is 16.3. The molecule has 4 rings (SSSR count). The number of fused-ring (bicyclic) bond motifs is 1. The number of aryl methyl sites for hydroxylation is 1.